The number of nitrogens with one attached hydrogen (secondary N) is 1. The topological polar surface area (TPSA) is 60.8 Å². The van der Waals surface area contributed by atoms with Crippen LogP contribution in [0.4, 0.5) is 0 Å². The van der Waals surface area contributed by atoms with E-state index in [1.165, 1.54) is 11.1 Å². The van der Waals surface area contributed by atoms with Crippen molar-refractivity contribution in [3.05, 3.63) is 45.8 Å². The monoisotopic (exact) mass is 188 g/mol. The van der Waals surface area contributed by atoms with Gasteiger partial charge in [-0.25, -0.2) is 0 Å². The molecular formula is C10H12N4. The molecule has 0 saturated carbocycles. The molecular weight excluding hydrogens is 176 g/mol. The Labute approximate surface area is 82.6 Å². The highest BCUT2D eigenvalue weighted by molar-refractivity contribution is 5.29. The summed E-state index contributed by atoms with van der Waals surface area (Å²) >= 11 is 0. The first-order chi connectivity index (χ1) is 6.90. The Balaban J connectivity index is 2.09. The number of rotatable bonds is 2. The van der Waals surface area contributed by atoms with E-state index in [0.717, 1.165) is 13.0 Å². The molecule has 0 unspecified atom stereocenters. The van der Waals surface area contributed by atoms with Crippen LogP contribution in [0.5, 0.6) is 0 Å². The van der Waals surface area contributed by atoms with Gasteiger partial charge in [0.05, 0.1) is 0 Å². The third-order valence-electron chi connectivity index (χ3n) is 2.53. The van der Waals surface area contributed by atoms with E-state index in [4.69, 9.17) is 5.53 Å². The summed E-state index contributed by atoms with van der Waals surface area (Å²) in [5, 5.41) is 6.93. The summed E-state index contributed by atoms with van der Waals surface area (Å²) in [5.41, 5.74) is 10.9. The van der Waals surface area contributed by atoms with Gasteiger partial charge in [0.25, 0.3) is 0 Å². The van der Waals surface area contributed by atoms with E-state index < -0.39 is 0 Å². The van der Waals surface area contributed by atoms with Gasteiger partial charge in [-0.2, -0.15) is 0 Å². The van der Waals surface area contributed by atoms with Gasteiger partial charge in [-0.1, -0.05) is 29.4 Å². The molecule has 1 aromatic rings. The van der Waals surface area contributed by atoms with Gasteiger partial charge >= 0.3 is 0 Å². The van der Waals surface area contributed by atoms with E-state index in [2.05, 4.69) is 33.5 Å². The second-order valence-electron chi connectivity index (χ2n) is 3.46. The molecule has 0 amide bonds. The predicted octanol–water partition coefficient (Wildman–Crippen LogP) is 2.01. The van der Waals surface area contributed by atoms with Crippen LogP contribution < -0.4 is 5.32 Å². The zero-order valence-electron chi connectivity index (χ0n) is 7.85. The summed E-state index contributed by atoms with van der Waals surface area (Å²) in [6.45, 7) is 1.41. The van der Waals surface area contributed by atoms with Gasteiger partial charge in [-0.05, 0) is 23.1 Å². The molecule has 0 bridgehead atoms. The lowest BCUT2D eigenvalue weighted by atomic mass is 9.96. The van der Waals surface area contributed by atoms with Gasteiger partial charge in [0.15, 0.2) is 0 Å². The molecule has 1 aliphatic rings. The minimum atomic E-state index is 0.292. The summed E-state index contributed by atoms with van der Waals surface area (Å²) in [7, 11) is 0. The molecule has 1 aliphatic heterocycles. The van der Waals surface area contributed by atoms with Crippen molar-refractivity contribution in [3.8, 4) is 0 Å². The maximum atomic E-state index is 8.22. The van der Waals surface area contributed by atoms with Gasteiger partial charge in [-0.3, -0.25) is 0 Å². The van der Waals surface area contributed by atoms with Crippen LogP contribution in [0.1, 0.15) is 11.1 Å². The SMILES string of the molecule is [N-]=[N+]=NC[C@@H]1Cc2ccccc2CN1. The third kappa shape index (κ3) is 1.87. The number of benzene rings is 1. The molecule has 0 aromatic heterocycles. The van der Waals surface area contributed by atoms with Gasteiger partial charge in [-0.15, -0.1) is 0 Å². The molecule has 1 N–H and O–H groups in total. The van der Waals surface area contributed by atoms with Crippen LogP contribution in [0.3, 0.4) is 0 Å². The lowest BCUT2D eigenvalue weighted by Crippen LogP contribution is -2.37. The standard InChI is InChI=1S/C10H12N4/c11-14-13-7-10-5-8-3-1-2-4-9(8)6-12-10/h1-4,10,12H,5-7H2/t10-/m0/s1. The normalized spacial score (nSPS) is 19.6. The first-order valence-electron chi connectivity index (χ1n) is 4.71. The Hall–Kier alpha value is -1.51. The minimum Gasteiger partial charge on any atom is -0.309 e. The average molecular weight is 188 g/mol. The smallest absolute Gasteiger partial charge is 0.0415 e. The fraction of sp³-hybridized carbons (Fsp3) is 0.400. The summed E-state index contributed by atoms with van der Waals surface area (Å²) in [6, 6.07) is 8.66. The summed E-state index contributed by atoms with van der Waals surface area (Å²) in [5.74, 6) is 0. The quantitative estimate of drug-likeness (QED) is 0.430. The number of hydrogen-bond acceptors (Lipinski definition) is 2. The molecule has 0 aliphatic carbocycles. The van der Waals surface area contributed by atoms with Gasteiger partial charge in [0.2, 0.25) is 0 Å². The molecule has 2 rings (SSSR count). The number of nitrogens with zero attached hydrogens (tertiary/aromatic N) is 3. The molecule has 0 fully saturated rings. The maximum absolute atomic E-state index is 8.22. The lowest BCUT2D eigenvalue weighted by molar-refractivity contribution is 0.487. The number of fused-ring (bicyclic) bond motifs is 1. The molecule has 72 valence electrons. The van der Waals surface area contributed by atoms with E-state index in [1.54, 1.807) is 0 Å². The third-order valence-corrected chi connectivity index (χ3v) is 2.53. The second-order valence-corrected chi connectivity index (χ2v) is 3.46. The molecule has 1 atom stereocenters. The maximum Gasteiger partial charge on any atom is 0.0415 e. The molecule has 1 aromatic carbocycles. The van der Waals surface area contributed by atoms with Crippen LogP contribution in [-0.4, -0.2) is 12.6 Å². The van der Waals surface area contributed by atoms with Crippen LogP contribution in [0.2, 0.25) is 0 Å². The minimum absolute atomic E-state index is 0.292. The Bertz CT molecular complexity index is 368. The second kappa shape index (κ2) is 4.13. The Kier molecular flexibility index (Phi) is 2.68. The van der Waals surface area contributed by atoms with Crippen LogP contribution in [0, 0.1) is 0 Å². The first-order valence-corrected chi connectivity index (χ1v) is 4.71. The molecule has 14 heavy (non-hydrogen) atoms. The van der Waals surface area contributed by atoms with Gasteiger partial charge in [0, 0.05) is 24.0 Å². The summed E-state index contributed by atoms with van der Waals surface area (Å²) in [6.07, 6.45) is 0.954. The zero-order chi connectivity index (χ0) is 9.80. The Morgan fingerprint density at radius 1 is 1.43 bits per heavy atom. The van der Waals surface area contributed by atoms with Gasteiger partial charge < -0.3 is 5.32 Å². The van der Waals surface area contributed by atoms with Crippen LogP contribution in [0.25, 0.3) is 10.4 Å². The summed E-state index contributed by atoms with van der Waals surface area (Å²) in [4.78, 5) is 2.77. The van der Waals surface area contributed by atoms with Crippen molar-refractivity contribution in [1.82, 2.24) is 5.32 Å². The van der Waals surface area contributed by atoms with Gasteiger partial charge in [0.1, 0.15) is 0 Å². The van der Waals surface area contributed by atoms with E-state index >= 15 is 0 Å². The molecule has 1 heterocycles. The van der Waals surface area contributed by atoms with Crippen molar-refractivity contribution in [1.29, 1.82) is 0 Å². The van der Waals surface area contributed by atoms with E-state index in [0.29, 0.717) is 12.6 Å². The Morgan fingerprint density at radius 3 is 3.00 bits per heavy atom. The molecule has 0 saturated heterocycles. The predicted molar refractivity (Wildman–Crippen MR) is 54.8 cm³/mol. The molecule has 4 heteroatoms. The largest absolute Gasteiger partial charge is 0.309 e. The fourth-order valence-electron chi connectivity index (χ4n) is 1.79. The summed E-state index contributed by atoms with van der Waals surface area (Å²) < 4.78 is 0. The van der Waals surface area contributed by atoms with E-state index in [-0.39, 0.29) is 0 Å². The Morgan fingerprint density at radius 2 is 2.21 bits per heavy atom. The molecule has 0 radical (unpaired) electrons. The lowest BCUT2D eigenvalue weighted by Gasteiger charge is -2.24. The van der Waals surface area contributed by atoms with E-state index in [9.17, 15) is 0 Å². The van der Waals surface area contributed by atoms with Crippen molar-refractivity contribution < 1.29 is 0 Å². The van der Waals surface area contributed by atoms with Crippen LogP contribution >= 0.6 is 0 Å². The fourth-order valence-corrected chi connectivity index (χ4v) is 1.79. The highest BCUT2D eigenvalue weighted by Gasteiger charge is 2.15. The van der Waals surface area contributed by atoms with Crippen molar-refractivity contribution in [2.75, 3.05) is 6.54 Å². The van der Waals surface area contributed by atoms with Crippen molar-refractivity contribution in [2.24, 2.45) is 5.11 Å². The number of hydrogen-bond donors (Lipinski definition) is 1. The highest BCUT2D eigenvalue weighted by Crippen LogP contribution is 2.16. The van der Waals surface area contributed by atoms with Crippen molar-refractivity contribution >= 4 is 0 Å². The first kappa shape index (κ1) is 9.06. The zero-order valence-corrected chi connectivity index (χ0v) is 7.85. The molecule has 4 nitrogen and oxygen atoms in total. The van der Waals surface area contributed by atoms with Crippen molar-refractivity contribution in [2.45, 2.75) is 19.0 Å². The van der Waals surface area contributed by atoms with Crippen molar-refractivity contribution in [3.63, 3.8) is 0 Å². The van der Waals surface area contributed by atoms with Crippen LogP contribution in [0.15, 0.2) is 29.4 Å². The molecule has 0 spiro atoms. The number of azide groups is 1. The highest BCUT2D eigenvalue weighted by atomic mass is 15.1. The van der Waals surface area contributed by atoms with E-state index in [1.807, 2.05) is 6.07 Å². The average Bonchev–Trinajstić information content (AvgIpc) is 2.26. The van der Waals surface area contributed by atoms with Crippen LogP contribution in [-0.2, 0) is 13.0 Å².